The highest BCUT2D eigenvalue weighted by Crippen LogP contribution is 2.19. The van der Waals surface area contributed by atoms with Gasteiger partial charge in [0.1, 0.15) is 5.69 Å². The topological polar surface area (TPSA) is 101 Å². The minimum atomic E-state index is -0.447. The van der Waals surface area contributed by atoms with Crippen LogP contribution in [0.25, 0.3) is 4.96 Å². The molecule has 0 aromatic carbocycles. The predicted octanol–water partition coefficient (Wildman–Crippen LogP) is 0.804. The van der Waals surface area contributed by atoms with Crippen molar-refractivity contribution in [3.8, 4) is 0 Å². The molecule has 3 aromatic heterocycles. The van der Waals surface area contributed by atoms with Crippen LogP contribution in [-0.2, 0) is 17.8 Å². The minimum Gasteiger partial charge on any atom is -0.376 e. The highest BCUT2D eigenvalue weighted by atomic mass is 32.1. The molecule has 22 heavy (non-hydrogen) atoms. The third-order valence-corrected chi connectivity index (χ3v) is 4.27. The van der Waals surface area contributed by atoms with Crippen molar-refractivity contribution in [3.63, 3.8) is 0 Å². The lowest BCUT2D eigenvalue weighted by atomic mass is 10.1. The van der Waals surface area contributed by atoms with Gasteiger partial charge in [-0.05, 0) is 0 Å². The Kier molecular flexibility index (Phi) is 3.01. The van der Waals surface area contributed by atoms with E-state index in [0.717, 1.165) is 11.3 Å². The molecule has 4 rings (SSSR count). The Morgan fingerprint density at radius 2 is 2.41 bits per heavy atom. The zero-order chi connectivity index (χ0) is 15.1. The maximum atomic E-state index is 12.4. The second-order valence-electron chi connectivity index (χ2n) is 4.82. The summed E-state index contributed by atoms with van der Waals surface area (Å²) in [4.78, 5) is 29.3. The quantitative estimate of drug-likeness (QED) is 0.728. The number of nitrogens with zero attached hydrogens (tertiary/aromatic N) is 3. The molecule has 8 nitrogen and oxygen atoms in total. The first-order chi connectivity index (χ1) is 10.7. The van der Waals surface area contributed by atoms with E-state index in [4.69, 9.17) is 4.74 Å². The van der Waals surface area contributed by atoms with E-state index < -0.39 is 5.91 Å². The van der Waals surface area contributed by atoms with Gasteiger partial charge in [-0.1, -0.05) is 0 Å². The first-order valence-corrected chi connectivity index (χ1v) is 7.52. The molecule has 0 bridgehead atoms. The predicted molar refractivity (Wildman–Crippen MR) is 79.2 cm³/mol. The van der Waals surface area contributed by atoms with Gasteiger partial charge in [-0.2, -0.15) is 5.10 Å². The summed E-state index contributed by atoms with van der Waals surface area (Å²) in [5.74, 6) is -0.447. The van der Waals surface area contributed by atoms with E-state index in [9.17, 15) is 9.59 Å². The van der Waals surface area contributed by atoms with Crippen LogP contribution in [0.2, 0.25) is 0 Å². The number of aromatic nitrogens is 4. The Labute approximate surface area is 127 Å². The fraction of sp³-hybridized carbons (Fsp3) is 0.231. The summed E-state index contributed by atoms with van der Waals surface area (Å²) in [5, 5.41) is 11.2. The number of thiazole rings is 1. The van der Waals surface area contributed by atoms with Gasteiger partial charge in [-0.25, -0.2) is 4.98 Å². The fourth-order valence-corrected chi connectivity index (χ4v) is 3.07. The van der Waals surface area contributed by atoms with Crippen LogP contribution < -0.4 is 10.9 Å². The highest BCUT2D eigenvalue weighted by molar-refractivity contribution is 7.15. The molecule has 0 atom stereocenters. The number of hydrogen-bond donors (Lipinski definition) is 2. The van der Waals surface area contributed by atoms with Crippen LogP contribution >= 0.6 is 11.3 Å². The lowest BCUT2D eigenvalue weighted by Gasteiger charge is -2.12. The molecule has 1 aliphatic heterocycles. The van der Waals surface area contributed by atoms with Crippen LogP contribution in [0.1, 0.15) is 21.7 Å². The number of fused-ring (bicyclic) bond motifs is 2. The molecular weight excluding hydrogens is 306 g/mol. The summed E-state index contributed by atoms with van der Waals surface area (Å²) in [6, 6.07) is 0. The van der Waals surface area contributed by atoms with E-state index in [1.54, 1.807) is 11.6 Å². The third-order valence-electron chi connectivity index (χ3n) is 3.50. The molecule has 1 aliphatic rings. The van der Waals surface area contributed by atoms with Gasteiger partial charge in [-0.3, -0.25) is 19.1 Å². The number of carbonyl (C=O) groups excluding carboxylic acids is 1. The smallest absolute Gasteiger partial charge is 0.282 e. The second-order valence-corrected chi connectivity index (χ2v) is 5.69. The van der Waals surface area contributed by atoms with E-state index in [1.165, 1.54) is 21.9 Å². The molecule has 0 aliphatic carbocycles. The molecule has 0 saturated carbocycles. The van der Waals surface area contributed by atoms with Gasteiger partial charge in [0.2, 0.25) is 0 Å². The van der Waals surface area contributed by atoms with Crippen LogP contribution in [0.4, 0.5) is 5.69 Å². The monoisotopic (exact) mass is 317 g/mol. The van der Waals surface area contributed by atoms with Crippen LogP contribution in [0.15, 0.2) is 22.6 Å². The van der Waals surface area contributed by atoms with E-state index in [0.29, 0.717) is 24.6 Å². The molecule has 4 heterocycles. The zero-order valence-electron chi connectivity index (χ0n) is 11.3. The first kappa shape index (κ1) is 13.2. The molecule has 9 heteroatoms. The number of anilines is 1. The molecule has 1 amide bonds. The number of amides is 1. The van der Waals surface area contributed by atoms with Crippen molar-refractivity contribution in [2.24, 2.45) is 0 Å². The lowest BCUT2D eigenvalue weighted by molar-refractivity contribution is 0.0985. The summed E-state index contributed by atoms with van der Waals surface area (Å²) < 4.78 is 6.74. The zero-order valence-corrected chi connectivity index (χ0v) is 12.1. The van der Waals surface area contributed by atoms with Crippen LogP contribution in [0.3, 0.4) is 0 Å². The number of rotatable bonds is 2. The molecule has 0 unspecified atom stereocenters. The number of H-pyrrole nitrogens is 1. The van der Waals surface area contributed by atoms with Gasteiger partial charge in [0, 0.05) is 29.3 Å². The Hall–Kier alpha value is -2.52. The van der Waals surface area contributed by atoms with E-state index in [2.05, 4.69) is 20.5 Å². The second kappa shape index (κ2) is 5.04. The summed E-state index contributed by atoms with van der Waals surface area (Å²) in [6.07, 6.45) is 3.68. The summed E-state index contributed by atoms with van der Waals surface area (Å²) in [7, 11) is 0. The number of hydrogen-bond acceptors (Lipinski definition) is 6. The lowest BCUT2D eigenvalue weighted by Crippen LogP contribution is -2.23. The van der Waals surface area contributed by atoms with Crippen molar-refractivity contribution in [1.29, 1.82) is 0 Å². The SMILES string of the molecule is O=C(Nc1cnc2sccn2c1=O)c1n[nH]c2c1COCC2. The van der Waals surface area contributed by atoms with Crippen LogP contribution in [0, 0.1) is 0 Å². The van der Waals surface area contributed by atoms with Crippen LogP contribution in [-0.4, -0.2) is 32.1 Å². The van der Waals surface area contributed by atoms with E-state index in [1.807, 2.05) is 0 Å². The van der Waals surface area contributed by atoms with Crippen molar-refractivity contribution in [3.05, 3.63) is 45.1 Å². The third kappa shape index (κ3) is 2.02. The van der Waals surface area contributed by atoms with Gasteiger partial charge in [-0.15, -0.1) is 11.3 Å². The molecule has 3 aromatic rings. The number of carbonyl (C=O) groups is 1. The molecule has 0 spiro atoms. The molecule has 0 radical (unpaired) electrons. The van der Waals surface area contributed by atoms with Gasteiger partial charge < -0.3 is 10.1 Å². The van der Waals surface area contributed by atoms with Gasteiger partial charge >= 0.3 is 0 Å². The van der Waals surface area contributed by atoms with Crippen molar-refractivity contribution >= 4 is 27.9 Å². The van der Waals surface area contributed by atoms with Crippen molar-refractivity contribution in [2.45, 2.75) is 13.0 Å². The van der Waals surface area contributed by atoms with Gasteiger partial charge in [0.25, 0.3) is 11.5 Å². The maximum absolute atomic E-state index is 12.4. The highest BCUT2D eigenvalue weighted by Gasteiger charge is 2.23. The largest absolute Gasteiger partial charge is 0.376 e. The molecular formula is C13H11N5O3S. The van der Waals surface area contributed by atoms with Crippen molar-refractivity contribution < 1.29 is 9.53 Å². The Morgan fingerprint density at radius 1 is 1.50 bits per heavy atom. The Morgan fingerprint density at radius 3 is 3.32 bits per heavy atom. The fourth-order valence-electron chi connectivity index (χ4n) is 2.39. The number of ether oxygens (including phenoxy) is 1. The standard InChI is InChI=1S/C13H11N5O3S/c19-11(10-7-6-21-3-1-8(7)16-17-10)15-9-5-14-13-18(12(9)20)2-4-22-13/h2,4-5H,1,3,6H2,(H,15,19)(H,16,17). The van der Waals surface area contributed by atoms with Crippen molar-refractivity contribution in [1.82, 2.24) is 19.6 Å². The summed E-state index contributed by atoms with van der Waals surface area (Å²) in [5.41, 5.74) is 1.70. The molecule has 0 saturated heterocycles. The minimum absolute atomic E-state index is 0.120. The molecule has 112 valence electrons. The normalized spacial score (nSPS) is 14.0. The van der Waals surface area contributed by atoms with E-state index >= 15 is 0 Å². The average Bonchev–Trinajstić information content (AvgIpc) is 3.16. The summed E-state index contributed by atoms with van der Waals surface area (Å²) in [6.45, 7) is 0.950. The molecule has 0 fully saturated rings. The van der Waals surface area contributed by atoms with E-state index in [-0.39, 0.29) is 16.9 Å². The summed E-state index contributed by atoms with van der Waals surface area (Å²) >= 11 is 1.35. The average molecular weight is 317 g/mol. The number of aromatic amines is 1. The Balaban J connectivity index is 1.67. The van der Waals surface area contributed by atoms with Crippen LogP contribution in [0.5, 0.6) is 0 Å². The number of nitrogens with one attached hydrogen (secondary N) is 2. The first-order valence-electron chi connectivity index (χ1n) is 6.64. The molecule has 2 N–H and O–H groups in total. The van der Waals surface area contributed by atoms with Gasteiger partial charge in [0.05, 0.1) is 19.4 Å². The van der Waals surface area contributed by atoms with Crippen molar-refractivity contribution in [2.75, 3.05) is 11.9 Å². The Bertz CT molecular complexity index is 925. The van der Waals surface area contributed by atoms with Gasteiger partial charge in [0.15, 0.2) is 10.7 Å². The maximum Gasteiger partial charge on any atom is 0.282 e.